The van der Waals surface area contributed by atoms with Crippen LogP contribution in [-0.2, 0) is 24.2 Å². The molecule has 1 aliphatic rings. The molecule has 3 rings (SSSR count). The van der Waals surface area contributed by atoms with E-state index in [2.05, 4.69) is 10.6 Å². The highest BCUT2D eigenvalue weighted by Crippen LogP contribution is 2.32. The van der Waals surface area contributed by atoms with Gasteiger partial charge in [0.1, 0.15) is 0 Å². The second kappa shape index (κ2) is 13.1. The Labute approximate surface area is 202 Å². The van der Waals surface area contributed by atoms with E-state index in [0.29, 0.717) is 17.9 Å². The second-order valence-electron chi connectivity index (χ2n) is 8.25. The molecule has 2 aromatic rings. The zero-order chi connectivity index (χ0) is 24.3. The van der Waals surface area contributed by atoms with E-state index in [-0.39, 0.29) is 5.91 Å². The van der Waals surface area contributed by atoms with Gasteiger partial charge in [-0.1, -0.05) is 6.07 Å². The number of nitrogens with one attached hydrogen (secondary N) is 2. The molecule has 0 fully saturated rings. The molecule has 1 heterocycles. The van der Waals surface area contributed by atoms with Crippen LogP contribution in [0.1, 0.15) is 23.1 Å². The van der Waals surface area contributed by atoms with Crippen molar-refractivity contribution in [2.45, 2.75) is 25.8 Å². The molecule has 34 heavy (non-hydrogen) atoms. The molecule has 0 spiro atoms. The fraction of sp³-hybridized carbons (Fsp3) is 0.500. The van der Waals surface area contributed by atoms with Crippen molar-refractivity contribution in [2.75, 3.05) is 61.2 Å². The van der Waals surface area contributed by atoms with E-state index in [1.165, 1.54) is 0 Å². The maximum absolute atomic E-state index is 12.8. The summed E-state index contributed by atoms with van der Waals surface area (Å²) in [5.41, 5.74) is 3.34. The minimum absolute atomic E-state index is 0.169. The Morgan fingerprint density at radius 2 is 1.44 bits per heavy atom. The first-order valence-electron chi connectivity index (χ1n) is 11.7. The van der Waals surface area contributed by atoms with Gasteiger partial charge in [-0.2, -0.15) is 0 Å². The maximum Gasteiger partial charge on any atom is 0.227 e. The van der Waals surface area contributed by atoms with Crippen LogP contribution < -0.4 is 29.6 Å². The van der Waals surface area contributed by atoms with Gasteiger partial charge in [0.15, 0.2) is 23.0 Å². The van der Waals surface area contributed by atoms with Gasteiger partial charge in [0, 0.05) is 32.7 Å². The van der Waals surface area contributed by atoms with Crippen molar-refractivity contribution < 1.29 is 23.7 Å². The summed E-state index contributed by atoms with van der Waals surface area (Å²) in [6.07, 6.45) is 2.16. The van der Waals surface area contributed by atoms with E-state index in [1.54, 1.807) is 28.4 Å². The van der Waals surface area contributed by atoms with E-state index < -0.39 is 0 Å². The van der Waals surface area contributed by atoms with Gasteiger partial charge in [-0.05, 0) is 60.3 Å². The predicted octanol–water partition coefficient (Wildman–Crippen LogP) is 2.42. The van der Waals surface area contributed by atoms with Crippen molar-refractivity contribution in [1.29, 1.82) is 0 Å². The summed E-state index contributed by atoms with van der Waals surface area (Å²) in [5, 5.41) is 6.88. The van der Waals surface area contributed by atoms with E-state index in [1.807, 2.05) is 35.2 Å². The Hall–Kier alpha value is -2.97. The lowest BCUT2D eigenvalue weighted by atomic mass is 10.0. The molecule has 2 N–H and O–H groups in total. The number of hydrogen-bond acceptors (Lipinski definition) is 7. The second-order valence-corrected chi connectivity index (χ2v) is 8.25. The van der Waals surface area contributed by atoms with Gasteiger partial charge in [-0.3, -0.25) is 4.79 Å². The summed E-state index contributed by atoms with van der Waals surface area (Å²) in [6.45, 7) is 4.85. The molecule has 0 radical (unpaired) electrons. The standard InChI is InChI=1S/C26H37N3O5/c1-31-22-7-6-19(14-23(22)32-2)18-28-11-10-27-9-5-12-29-13-8-20-15-24(33-3)25(34-4)16-21(20)17-26(29)30/h6-7,14-16,27-28H,5,8-13,17-18H2,1-4H3. The molecule has 186 valence electrons. The molecule has 0 saturated carbocycles. The fourth-order valence-corrected chi connectivity index (χ4v) is 4.17. The molecular weight excluding hydrogens is 434 g/mol. The maximum atomic E-state index is 12.8. The number of carbonyl (C=O) groups excluding carboxylic acids is 1. The molecule has 1 aliphatic heterocycles. The number of amides is 1. The van der Waals surface area contributed by atoms with Gasteiger partial charge >= 0.3 is 0 Å². The largest absolute Gasteiger partial charge is 0.493 e. The lowest BCUT2D eigenvalue weighted by Crippen LogP contribution is -2.35. The molecule has 2 aromatic carbocycles. The van der Waals surface area contributed by atoms with Gasteiger partial charge in [0.05, 0.1) is 34.9 Å². The molecule has 0 aromatic heterocycles. The van der Waals surface area contributed by atoms with Gasteiger partial charge < -0.3 is 34.5 Å². The van der Waals surface area contributed by atoms with Crippen LogP contribution >= 0.6 is 0 Å². The van der Waals surface area contributed by atoms with E-state index in [9.17, 15) is 4.79 Å². The summed E-state index contributed by atoms with van der Waals surface area (Å²) in [6, 6.07) is 9.88. The third-order valence-electron chi connectivity index (χ3n) is 6.09. The third kappa shape index (κ3) is 6.77. The Morgan fingerprint density at radius 3 is 2.15 bits per heavy atom. The highest BCUT2D eigenvalue weighted by Gasteiger charge is 2.22. The summed E-state index contributed by atoms with van der Waals surface area (Å²) < 4.78 is 21.4. The van der Waals surface area contributed by atoms with Gasteiger partial charge in [0.2, 0.25) is 5.91 Å². The van der Waals surface area contributed by atoms with Crippen molar-refractivity contribution >= 4 is 5.91 Å². The minimum Gasteiger partial charge on any atom is -0.493 e. The molecular formula is C26H37N3O5. The number of ether oxygens (including phenoxy) is 4. The zero-order valence-corrected chi connectivity index (χ0v) is 20.7. The average Bonchev–Trinajstić information content (AvgIpc) is 3.01. The van der Waals surface area contributed by atoms with Crippen LogP contribution in [0.25, 0.3) is 0 Å². The smallest absolute Gasteiger partial charge is 0.227 e. The molecule has 8 nitrogen and oxygen atoms in total. The van der Waals surface area contributed by atoms with E-state index in [0.717, 1.165) is 80.3 Å². The minimum atomic E-state index is 0.169. The molecule has 0 unspecified atom stereocenters. The van der Waals surface area contributed by atoms with Gasteiger partial charge in [-0.15, -0.1) is 0 Å². The van der Waals surface area contributed by atoms with Crippen LogP contribution in [0.3, 0.4) is 0 Å². The molecule has 1 amide bonds. The Balaban J connectivity index is 1.34. The molecule has 0 atom stereocenters. The first-order valence-corrected chi connectivity index (χ1v) is 11.7. The Bertz CT molecular complexity index is 950. The predicted molar refractivity (Wildman–Crippen MR) is 132 cm³/mol. The normalized spacial score (nSPS) is 13.3. The number of rotatable bonds is 13. The monoisotopic (exact) mass is 471 g/mol. The Kier molecular flexibility index (Phi) is 9.85. The highest BCUT2D eigenvalue weighted by molar-refractivity contribution is 5.80. The first-order chi connectivity index (χ1) is 16.6. The lowest BCUT2D eigenvalue weighted by Gasteiger charge is -2.20. The van der Waals surface area contributed by atoms with Crippen molar-refractivity contribution in [3.8, 4) is 23.0 Å². The lowest BCUT2D eigenvalue weighted by molar-refractivity contribution is -0.130. The van der Waals surface area contributed by atoms with Crippen LogP contribution in [0.4, 0.5) is 0 Å². The first kappa shape index (κ1) is 25.6. The SMILES string of the molecule is COc1ccc(CNCCNCCCN2CCc3cc(OC)c(OC)cc3CC2=O)cc1OC. The average molecular weight is 472 g/mol. The zero-order valence-electron chi connectivity index (χ0n) is 20.7. The van der Waals surface area contributed by atoms with Crippen molar-refractivity contribution in [1.82, 2.24) is 15.5 Å². The molecule has 8 heteroatoms. The van der Waals surface area contributed by atoms with Crippen molar-refractivity contribution in [2.24, 2.45) is 0 Å². The van der Waals surface area contributed by atoms with Crippen LogP contribution in [0.15, 0.2) is 30.3 Å². The van der Waals surface area contributed by atoms with Gasteiger partial charge in [0.25, 0.3) is 0 Å². The molecule has 0 aliphatic carbocycles. The number of benzene rings is 2. The van der Waals surface area contributed by atoms with E-state index >= 15 is 0 Å². The summed E-state index contributed by atoms with van der Waals surface area (Å²) >= 11 is 0. The van der Waals surface area contributed by atoms with Gasteiger partial charge in [-0.25, -0.2) is 0 Å². The number of hydrogen-bond donors (Lipinski definition) is 2. The number of fused-ring (bicyclic) bond motifs is 1. The number of nitrogens with zero attached hydrogens (tertiary/aromatic N) is 1. The molecule has 0 bridgehead atoms. The van der Waals surface area contributed by atoms with Crippen molar-refractivity contribution in [3.63, 3.8) is 0 Å². The summed E-state index contributed by atoms with van der Waals surface area (Å²) in [4.78, 5) is 14.7. The number of carbonyl (C=O) groups is 1. The quantitative estimate of drug-likeness (QED) is 0.434. The molecule has 0 saturated heterocycles. The van der Waals surface area contributed by atoms with Crippen LogP contribution in [0, 0.1) is 0 Å². The Morgan fingerprint density at radius 1 is 0.794 bits per heavy atom. The van der Waals surface area contributed by atoms with Crippen LogP contribution in [-0.4, -0.2) is 72.0 Å². The fourth-order valence-electron chi connectivity index (χ4n) is 4.17. The third-order valence-corrected chi connectivity index (χ3v) is 6.09. The summed E-state index contributed by atoms with van der Waals surface area (Å²) in [7, 11) is 6.54. The highest BCUT2D eigenvalue weighted by atomic mass is 16.5. The van der Waals surface area contributed by atoms with Crippen molar-refractivity contribution in [3.05, 3.63) is 47.0 Å². The van der Waals surface area contributed by atoms with E-state index in [4.69, 9.17) is 18.9 Å². The summed E-state index contributed by atoms with van der Waals surface area (Å²) in [5.74, 6) is 3.03. The topological polar surface area (TPSA) is 81.3 Å². The van der Waals surface area contributed by atoms with Crippen LogP contribution in [0.2, 0.25) is 0 Å². The van der Waals surface area contributed by atoms with Crippen LogP contribution in [0.5, 0.6) is 23.0 Å². The number of methoxy groups -OCH3 is 4.